The van der Waals surface area contributed by atoms with Crippen LogP contribution in [0.2, 0.25) is 0 Å². The summed E-state index contributed by atoms with van der Waals surface area (Å²) in [5.41, 5.74) is 3.02. The number of nitrogens with one attached hydrogen (secondary N) is 1. The summed E-state index contributed by atoms with van der Waals surface area (Å²) >= 11 is 1.76. The first kappa shape index (κ1) is 13.7. The molecule has 7 nitrogen and oxygen atoms in total. The van der Waals surface area contributed by atoms with Gasteiger partial charge in [-0.2, -0.15) is 5.10 Å². The van der Waals surface area contributed by atoms with Crippen LogP contribution in [0.3, 0.4) is 0 Å². The molecule has 0 saturated heterocycles. The van der Waals surface area contributed by atoms with Gasteiger partial charge in [-0.3, -0.25) is 4.68 Å². The Labute approximate surface area is 132 Å². The number of amides is 2. The van der Waals surface area contributed by atoms with E-state index in [1.165, 1.54) is 0 Å². The highest BCUT2D eigenvalue weighted by Crippen LogP contribution is 2.24. The maximum atomic E-state index is 12.3. The highest BCUT2D eigenvalue weighted by molar-refractivity contribution is 7.99. The standard InChI is InChI=1S/C14H18N6OS/c1-10-6-12-9-18(2-3-20(12)17-10)13(21)15-7-11-8-19-4-5-22-14(19)16-11/h6,8H,2-5,7,9H2,1H3,(H,15,21). The minimum absolute atomic E-state index is 0.0362. The average molecular weight is 318 g/mol. The smallest absolute Gasteiger partial charge is 0.318 e. The number of imidazole rings is 1. The average Bonchev–Trinajstić information content (AvgIpc) is 3.16. The second kappa shape index (κ2) is 5.35. The van der Waals surface area contributed by atoms with Crippen LogP contribution in [0.15, 0.2) is 17.4 Å². The van der Waals surface area contributed by atoms with E-state index in [0.717, 1.165) is 41.1 Å². The lowest BCUT2D eigenvalue weighted by atomic mass is 10.3. The molecule has 0 aliphatic carbocycles. The summed E-state index contributed by atoms with van der Waals surface area (Å²) in [5.74, 6) is 1.09. The molecule has 0 unspecified atom stereocenters. The van der Waals surface area contributed by atoms with E-state index < -0.39 is 0 Å². The topological polar surface area (TPSA) is 68.0 Å². The van der Waals surface area contributed by atoms with Gasteiger partial charge in [-0.25, -0.2) is 9.78 Å². The van der Waals surface area contributed by atoms with Crippen molar-refractivity contribution in [2.24, 2.45) is 0 Å². The monoisotopic (exact) mass is 318 g/mol. The van der Waals surface area contributed by atoms with Gasteiger partial charge in [0.05, 0.1) is 36.7 Å². The van der Waals surface area contributed by atoms with Crippen molar-refractivity contribution in [1.82, 2.24) is 29.5 Å². The summed E-state index contributed by atoms with van der Waals surface area (Å²) in [6.07, 6.45) is 2.03. The molecule has 0 radical (unpaired) electrons. The van der Waals surface area contributed by atoms with E-state index in [2.05, 4.69) is 20.0 Å². The number of hydrogen-bond donors (Lipinski definition) is 1. The summed E-state index contributed by atoms with van der Waals surface area (Å²) in [4.78, 5) is 18.7. The van der Waals surface area contributed by atoms with E-state index in [9.17, 15) is 4.79 Å². The molecule has 0 saturated carbocycles. The first-order valence-electron chi connectivity index (χ1n) is 7.44. The van der Waals surface area contributed by atoms with Crippen molar-refractivity contribution in [3.05, 3.63) is 29.3 Å². The zero-order valence-electron chi connectivity index (χ0n) is 12.4. The molecule has 2 aromatic heterocycles. The second-order valence-corrected chi connectivity index (χ2v) is 6.70. The Hall–Kier alpha value is -1.96. The fourth-order valence-corrected chi connectivity index (χ4v) is 3.87. The normalized spacial score (nSPS) is 16.5. The molecule has 2 aliphatic rings. The predicted molar refractivity (Wildman–Crippen MR) is 82.6 cm³/mol. The van der Waals surface area contributed by atoms with Gasteiger partial charge >= 0.3 is 6.03 Å². The second-order valence-electron chi connectivity index (χ2n) is 5.64. The molecule has 4 rings (SSSR count). The van der Waals surface area contributed by atoms with E-state index in [-0.39, 0.29) is 6.03 Å². The fraction of sp³-hybridized carbons (Fsp3) is 0.500. The van der Waals surface area contributed by atoms with E-state index in [1.807, 2.05) is 28.8 Å². The van der Waals surface area contributed by atoms with Crippen LogP contribution in [0.5, 0.6) is 0 Å². The van der Waals surface area contributed by atoms with Gasteiger partial charge in [0.2, 0.25) is 0 Å². The van der Waals surface area contributed by atoms with E-state index >= 15 is 0 Å². The third-order valence-electron chi connectivity index (χ3n) is 3.98. The van der Waals surface area contributed by atoms with Gasteiger partial charge in [-0.05, 0) is 13.0 Å². The molecule has 0 fully saturated rings. The minimum Gasteiger partial charge on any atom is -0.332 e. The van der Waals surface area contributed by atoms with Crippen LogP contribution in [0, 0.1) is 6.92 Å². The van der Waals surface area contributed by atoms with Crippen molar-refractivity contribution < 1.29 is 4.79 Å². The van der Waals surface area contributed by atoms with Crippen LogP contribution in [-0.4, -0.2) is 42.6 Å². The first-order chi connectivity index (χ1) is 10.7. The number of carbonyl (C=O) groups excluding carboxylic acids is 1. The highest BCUT2D eigenvalue weighted by atomic mass is 32.2. The van der Waals surface area contributed by atoms with Crippen molar-refractivity contribution in [1.29, 1.82) is 0 Å². The van der Waals surface area contributed by atoms with Crippen LogP contribution < -0.4 is 5.32 Å². The summed E-state index contributed by atoms with van der Waals surface area (Å²) in [7, 11) is 0. The molecule has 2 aromatic rings. The quantitative estimate of drug-likeness (QED) is 0.904. The molecule has 8 heteroatoms. The van der Waals surface area contributed by atoms with Crippen molar-refractivity contribution >= 4 is 17.8 Å². The minimum atomic E-state index is -0.0362. The summed E-state index contributed by atoms with van der Waals surface area (Å²) in [5, 5.41) is 8.43. The van der Waals surface area contributed by atoms with Gasteiger partial charge in [0, 0.05) is 25.0 Å². The Morgan fingerprint density at radius 1 is 1.41 bits per heavy atom. The lowest BCUT2D eigenvalue weighted by Crippen LogP contribution is -2.44. The third kappa shape index (κ3) is 2.47. The third-order valence-corrected chi connectivity index (χ3v) is 4.95. The van der Waals surface area contributed by atoms with Crippen LogP contribution >= 0.6 is 11.8 Å². The molecule has 4 heterocycles. The molecular weight excluding hydrogens is 300 g/mol. The van der Waals surface area contributed by atoms with Crippen molar-refractivity contribution in [3.63, 3.8) is 0 Å². The predicted octanol–water partition coefficient (Wildman–Crippen LogP) is 1.22. The summed E-state index contributed by atoms with van der Waals surface area (Å²) in [6.45, 7) is 5.53. The number of carbonyl (C=O) groups is 1. The maximum absolute atomic E-state index is 12.3. The Bertz CT molecular complexity index is 699. The summed E-state index contributed by atoms with van der Waals surface area (Å²) in [6, 6.07) is 2.00. The fourth-order valence-electron chi connectivity index (χ4n) is 2.91. The van der Waals surface area contributed by atoms with Gasteiger partial charge in [0.1, 0.15) is 0 Å². The van der Waals surface area contributed by atoms with Gasteiger partial charge in [-0.15, -0.1) is 0 Å². The Kier molecular flexibility index (Phi) is 3.33. The molecule has 0 aromatic carbocycles. The molecule has 1 N–H and O–H groups in total. The van der Waals surface area contributed by atoms with Crippen molar-refractivity contribution in [3.8, 4) is 0 Å². The number of aryl methyl sites for hydroxylation is 2. The molecule has 116 valence electrons. The lowest BCUT2D eigenvalue weighted by Gasteiger charge is -2.27. The molecule has 0 atom stereocenters. The molecule has 2 amide bonds. The first-order valence-corrected chi connectivity index (χ1v) is 8.42. The Morgan fingerprint density at radius 3 is 3.18 bits per heavy atom. The number of hydrogen-bond acceptors (Lipinski definition) is 4. The van der Waals surface area contributed by atoms with Gasteiger partial charge in [-0.1, -0.05) is 11.8 Å². The number of aromatic nitrogens is 4. The number of rotatable bonds is 2. The summed E-state index contributed by atoms with van der Waals surface area (Å²) < 4.78 is 4.13. The zero-order valence-corrected chi connectivity index (χ0v) is 13.3. The van der Waals surface area contributed by atoms with Crippen molar-refractivity contribution in [2.75, 3.05) is 12.3 Å². The SMILES string of the molecule is Cc1cc2n(n1)CCN(C(=O)NCc1cn3c(n1)SCC3)C2. The molecule has 2 aliphatic heterocycles. The molecular formula is C14H18N6OS. The van der Waals surface area contributed by atoms with Gasteiger partial charge in [0.25, 0.3) is 0 Å². The molecule has 22 heavy (non-hydrogen) atoms. The van der Waals surface area contributed by atoms with Gasteiger partial charge in [0.15, 0.2) is 5.16 Å². The number of urea groups is 1. The molecule has 0 spiro atoms. The molecule has 0 bridgehead atoms. The van der Waals surface area contributed by atoms with Gasteiger partial charge < -0.3 is 14.8 Å². The van der Waals surface area contributed by atoms with Crippen LogP contribution in [0.4, 0.5) is 4.79 Å². The highest BCUT2D eigenvalue weighted by Gasteiger charge is 2.22. The number of nitrogens with zero attached hydrogens (tertiary/aromatic N) is 5. The number of thioether (sulfide) groups is 1. The van der Waals surface area contributed by atoms with Crippen LogP contribution in [0.1, 0.15) is 17.1 Å². The zero-order chi connectivity index (χ0) is 15.1. The Balaban J connectivity index is 1.36. The number of fused-ring (bicyclic) bond motifs is 2. The van der Waals surface area contributed by atoms with E-state index in [1.54, 1.807) is 11.8 Å². The van der Waals surface area contributed by atoms with Crippen LogP contribution in [-0.2, 0) is 26.2 Å². The van der Waals surface area contributed by atoms with E-state index in [0.29, 0.717) is 19.6 Å². The Morgan fingerprint density at radius 2 is 2.32 bits per heavy atom. The van der Waals surface area contributed by atoms with Crippen LogP contribution in [0.25, 0.3) is 0 Å². The lowest BCUT2D eigenvalue weighted by molar-refractivity contribution is 0.180. The maximum Gasteiger partial charge on any atom is 0.318 e. The largest absolute Gasteiger partial charge is 0.332 e. The van der Waals surface area contributed by atoms with E-state index in [4.69, 9.17) is 0 Å². The van der Waals surface area contributed by atoms with Crippen molar-refractivity contribution in [2.45, 2.75) is 38.3 Å².